The third kappa shape index (κ3) is 6.10. The maximum atomic E-state index is 11.7. The second kappa shape index (κ2) is 9.13. The molecule has 14 heteroatoms. The molecular formula is C18H15F3N4O6S. The van der Waals surface area contributed by atoms with Gasteiger partial charge in [-0.05, 0) is 30.7 Å². The zero-order chi connectivity index (χ0) is 24.3. The van der Waals surface area contributed by atoms with Crippen molar-refractivity contribution in [3.05, 3.63) is 48.2 Å². The van der Waals surface area contributed by atoms with Gasteiger partial charge in [-0.1, -0.05) is 0 Å². The molecule has 3 heterocycles. The van der Waals surface area contributed by atoms with E-state index in [2.05, 4.69) is 19.9 Å². The summed E-state index contributed by atoms with van der Waals surface area (Å²) in [5.74, 6) is -3.56. The average molecular weight is 472 g/mol. The number of nitrogens with one attached hydrogen (secondary N) is 1. The predicted molar refractivity (Wildman–Crippen MR) is 104 cm³/mol. The largest absolute Gasteiger partial charge is 0.490 e. The van der Waals surface area contributed by atoms with Crippen molar-refractivity contribution >= 4 is 21.8 Å². The van der Waals surface area contributed by atoms with E-state index in [4.69, 9.17) is 15.0 Å². The van der Waals surface area contributed by atoms with Crippen molar-refractivity contribution in [3.8, 4) is 22.6 Å². The summed E-state index contributed by atoms with van der Waals surface area (Å²) in [7, 11) is -3.37. The number of aromatic amines is 1. The summed E-state index contributed by atoms with van der Waals surface area (Å²) in [6.45, 7) is 1.61. The quantitative estimate of drug-likeness (QED) is 0.518. The van der Waals surface area contributed by atoms with Crippen LogP contribution >= 0.6 is 0 Å². The number of hydrogen-bond donors (Lipinski definition) is 3. The second-order valence-electron chi connectivity index (χ2n) is 6.28. The third-order valence-electron chi connectivity index (χ3n) is 3.81. The van der Waals surface area contributed by atoms with Gasteiger partial charge in [0.15, 0.2) is 21.4 Å². The standard InChI is InChI=1S/C16H14N4O4S.C2HF3O2/c1-9-14(16(21)22)20-15(19-9)13-6-10(3-4-18-13)11-5-12(8-17-7-11)25(2,23)24;3-2(4,5)1(6)7/h3-8H,1-2H3,(H,19,20)(H,21,22);(H,6,7). The minimum atomic E-state index is -5.08. The van der Waals surface area contributed by atoms with E-state index in [0.29, 0.717) is 28.3 Å². The molecular weight excluding hydrogens is 457 g/mol. The summed E-state index contributed by atoms with van der Waals surface area (Å²) in [6.07, 6.45) is 0.403. The topological polar surface area (TPSA) is 163 Å². The first-order valence-electron chi connectivity index (χ1n) is 8.42. The van der Waals surface area contributed by atoms with Gasteiger partial charge in [-0.2, -0.15) is 13.2 Å². The first-order chi connectivity index (χ1) is 14.7. The van der Waals surface area contributed by atoms with Crippen molar-refractivity contribution in [3.63, 3.8) is 0 Å². The Labute approximate surface area is 178 Å². The summed E-state index contributed by atoms with van der Waals surface area (Å²) < 4.78 is 55.1. The Morgan fingerprint density at radius 3 is 2.22 bits per heavy atom. The molecule has 0 unspecified atom stereocenters. The highest BCUT2D eigenvalue weighted by Gasteiger charge is 2.38. The zero-order valence-electron chi connectivity index (χ0n) is 16.4. The number of carbonyl (C=O) groups is 2. The molecule has 0 radical (unpaired) electrons. The van der Waals surface area contributed by atoms with Crippen LogP contribution in [-0.4, -0.2) is 62.9 Å². The van der Waals surface area contributed by atoms with Crippen LogP contribution in [0, 0.1) is 6.92 Å². The molecule has 0 atom stereocenters. The van der Waals surface area contributed by atoms with Gasteiger partial charge in [0.1, 0.15) is 5.69 Å². The van der Waals surface area contributed by atoms with Gasteiger partial charge in [0.05, 0.1) is 4.90 Å². The van der Waals surface area contributed by atoms with Gasteiger partial charge < -0.3 is 15.2 Å². The Morgan fingerprint density at radius 2 is 1.72 bits per heavy atom. The number of aryl methyl sites for hydroxylation is 1. The number of aliphatic carboxylic acids is 1. The Kier molecular flexibility index (Phi) is 6.98. The number of sulfone groups is 1. The van der Waals surface area contributed by atoms with Crippen molar-refractivity contribution < 1.29 is 41.4 Å². The number of carboxylic acid groups (broad SMARTS) is 2. The van der Waals surface area contributed by atoms with E-state index in [0.717, 1.165) is 6.26 Å². The van der Waals surface area contributed by atoms with E-state index >= 15 is 0 Å². The number of hydrogen-bond acceptors (Lipinski definition) is 7. The smallest absolute Gasteiger partial charge is 0.476 e. The van der Waals surface area contributed by atoms with Crippen LogP contribution in [0.25, 0.3) is 22.6 Å². The molecule has 0 fully saturated rings. The summed E-state index contributed by atoms with van der Waals surface area (Å²) in [4.78, 5) is 35.2. The number of pyridine rings is 2. The molecule has 170 valence electrons. The highest BCUT2D eigenvalue weighted by atomic mass is 32.2. The fraction of sp³-hybridized carbons (Fsp3) is 0.167. The molecule has 0 bridgehead atoms. The van der Waals surface area contributed by atoms with Crippen LogP contribution in [0.4, 0.5) is 13.2 Å². The average Bonchev–Trinajstić information content (AvgIpc) is 3.09. The van der Waals surface area contributed by atoms with Gasteiger partial charge in [0.2, 0.25) is 0 Å². The number of H-pyrrole nitrogens is 1. The van der Waals surface area contributed by atoms with Crippen molar-refractivity contribution in [1.29, 1.82) is 0 Å². The number of imidazole rings is 1. The SMILES string of the molecule is Cc1[nH]c(-c2cc(-c3cncc(S(C)(=O)=O)c3)ccn2)nc1C(=O)O.O=C(O)C(F)(F)F. The Morgan fingerprint density at radius 1 is 1.09 bits per heavy atom. The molecule has 32 heavy (non-hydrogen) atoms. The molecule has 0 amide bonds. The number of aromatic carboxylic acids is 1. The fourth-order valence-corrected chi connectivity index (χ4v) is 2.90. The van der Waals surface area contributed by atoms with Gasteiger partial charge in [-0.25, -0.2) is 23.0 Å². The number of carboxylic acids is 2. The molecule has 3 N–H and O–H groups in total. The Hall–Kier alpha value is -3.81. The maximum absolute atomic E-state index is 11.7. The third-order valence-corrected chi connectivity index (χ3v) is 4.89. The summed E-state index contributed by atoms with van der Waals surface area (Å²) in [5, 5.41) is 16.2. The van der Waals surface area contributed by atoms with E-state index in [1.807, 2.05) is 0 Å². The van der Waals surface area contributed by atoms with E-state index in [9.17, 15) is 26.4 Å². The van der Waals surface area contributed by atoms with Crippen LogP contribution in [0.15, 0.2) is 41.7 Å². The molecule has 0 aromatic carbocycles. The van der Waals surface area contributed by atoms with Gasteiger partial charge in [0, 0.05) is 36.1 Å². The number of aromatic nitrogens is 4. The molecule has 0 saturated carbocycles. The van der Waals surface area contributed by atoms with Crippen molar-refractivity contribution in [1.82, 2.24) is 19.9 Å². The lowest BCUT2D eigenvalue weighted by atomic mass is 10.1. The monoisotopic (exact) mass is 472 g/mol. The van der Waals surface area contributed by atoms with Crippen molar-refractivity contribution in [2.75, 3.05) is 6.26 Å². The normalized spacial score (nSPS) is 11.4. The fourth-order valence-electron chi connectivity index (χ4n) is 2.31. The lowest BCUT2D eigenvalue weighted by molar-refractivity contribution is -0.192. The molecule has 10 nitrogen and oxygen atoms in total. The molecule has 0 aliphatic carbocycles. The molecule has 0 spiro atoms. The molecule has 3 rings (SSSR count). The van der Waals surface area contributed by atoms with Gasteiger partial charge >= 0.3 is 18.1 Å². The highest BCUT2D eigenvalue weighted by molar-refractivity contribution is 7.90. The van der Waals surface area contributed by atoms with Crippen LogP contribution < -0.4 is 0 Å². The van der Waals surface area contributed by atoms with Gasteiger partial charge in [-0.3, -0.25) is 9.97 Å². The Balaban J connectivity index is 0.000000451. The lowest BCUT2D eigenvalue weighted by Gasteiger charge is -2.05. The summed E-state index contributed by atoms with van der Waals surface area (Å²) in [6, 6.07) is 4.92. The molecule has 3 aromatic rings. The lowest BCUT2D eigenvalue weighted by Crippen LogP contribution is -2.21. The van der Waals surface area contributed by atoms with E-state index in [1.165, 1.54) is 18.5 Å². The zero-order valence-corrected chi connectivity index (χ0v) is 17.2. The molecule has 0 aliphatic rings. The van der Waals surface area contributed by atoms with Crippen molar-refractivity contribution in [2.45, 2.75) is 18.0 Å². The predicted octanol–water partition coefficient (Wildman–Crippen LogP) is 2.58. The molecule has 0 aliphatic heterocycles. The summed E-state index contributed by atoms with van der Waals surface area (Å²) in [5.41, 5.74) is 2.10. The van der Waals surface area contributed by atoms with Crippen molar-refractivity contribution in [2.24, 2.45) is 0 Å². The van der Waals surface area contributed by atoms with E-state index in [-0.39, 0.29) is 10.6 Å². The highest BCUT2D eigenvalue weighted by Crippen LogP contribution is 2.25. The number of nitrogens with zero attached hydrogens (tertiary/aromatic N) is 3. The maximum Gasteiger partial charge on any atom is 0.490 e. The van der Waals surface area contributed by atoms with Crippen LogP contribution in [0.5, 0.6) is 0 Å². The minimum absolute atomic E-state index is 0.0667. The van der Waals surface area contributed by atoms with Crippen LogP contribution in [0.2, 0.25) is 0 Å². The molecule has 0 saturated heterocycles. The number of alkyl halides is 3. The van der Waals surface area contributed by atoms with Crippen LogP contribution in [-0.2, 0) is 14.6 Å². The first kappa shape index (κ1) is 24.5. The van der Waals surface area contributed by atoms with E-state index in [1.54, 1.807) is 25.3 Å². The van der Waals surface area contributed by atoms with Crippen LogP contribution in [0.1, 0.15) is 16.2 Å². The second-order valence-corrected chi connectivity index (χ2v) is 8.29. The number of rotatable bonds is 4. The minimum Gasteiger partial charge on any atom is -0.476 e. The molecule has 3 aromatic heterocycles. The summed E-state index contributed by atoms with van der Waals surface area (Å²) >= 11 is 0. The first-order valence-corrected chi connectivity index (χ1v) is 10.3. The van der Waals surface area contributed by atoms with E-state index < -0.39 is 28.0 Å². The Bertz CT molecular complexity index is 1270. The van der Waals surface area contributed by atoms with Gasteiger partial charge in [0.25, 0.3) is 0 Å². The van der Waals surface area contributed by atoms with Crippen LogP contribution in [0.3, 0.4) is 0 Å². The number of halogens is 3. The van der Waals surface area contributed by atoms with Gasteiger partial charge in [-0.15, -0.1) is 0 Å².